The first-order valence-corrected chi connectivity index (χ1v) is 11.4. The van der Waals surface area contributed by atoms with Crippen molar-refractivity contribution in [2.75, 3.05) is 38.7 Å². The zero-order chi connectivity index (χ0) is 18.7. The lowest BCUT2D eigenvalue weighted by Gasteiger charge is -2.26. The number of thioether (sulfide) groups is 1. The van der Waals surface area contributed by atoms with Crippen molar-refractivity contribution in [3.63, 3.8) is 0 Å². The van der Waals surface area contributed by atoms with Gasteiger partial charge in [-0.3, -0.25) is 0 Å². The number of ether oxygens (including phenoxy) is 2. The standard InChI is InChI=1S/C17H22N4O4S2/c22-27(23,20-7-9-24-10-8-20)16-5-3-15(4-6-16)25-11-12-26-17-19-18-13-21(17)14-1-2-14/h3-6,13-14H,1-2,7-12H2. The fourth-order valence-electron chi connectivity index (χ4n) is 2.87. The van der Waals surface area contributed by atoms with Crippen molar-refractivity contribution >= 4 is 21.8 Å². The molecule has 1 aliphatic heterocycles. The summed E-state index contributed by atoms with van der Waals surface area (Å²) in [7, 11) is -3.46. The van der Waals surface area contributed by atoms with Crippen LogP contribution in [0.1, 0.15) is 18.9 Å². The smallest absolute Gasteiger partial charge is 0.243 e. The fourth-order valence-corrected chi connectivity index (χ4v) is 5.08. The van der Waals surface area contributed by atoms with Gasteiger partial charge in [-0.25, -0.2) is 8.42 Å². The molecule has 1 saturated carbocycles. The maximum Gasteiger partial charge on any atom is 0.243 e. The average Bonchev–Trinajstić information content (AvgIpc) is 3.44. The van der Waals surface area contributed by atoms with Crippen molar-refractivity contribution in [2.24, 2.45) is 0 Å². The van der Waals surface area contributed by atoms with Crippen LogP contribution in [0.25, 0.3) is 0 Å². The van der Waals surface area contributed by atoms with E-state index in [0.717, 1.165) is 10.9 Å². The van der Waals surface area contributed by atoms with Crippen LogP contribution in [0, 0.1) is 0 Å². The van der Waals surface area contributed by atoms with Crippen molar-refractivity contribution in [2.45, 2.75) is 28.9 Å². The van der Waals surface area contributed by atoms with Crippen LogP contribution in [0.2, 0.25) is 0 Å². The van der Waals surface area contributed by atoms with Crippen molar-refractivity contribution in [3.05, 3.63) is 30.6 Å². The second-order valence-electron chi connectivity index (χ2n) is 6.44. The first-order valence-electron chi connectivity index (χ1n) is 8.98. The molecule has 27 heavy (non-hydrogen) atoms. The van der Waals surface area contributed by atoms with Crippen LogP contribution in [0.15, 0.2) is 40.6 Å². The molecule has 0 bridgehead atoms. The summed E-state index contributed by atoms with van der Waals surface area (Å²) >= 11 is 1.62. The number of benzene rings is 1. The van der Waals surface area contributed by atoms with Gasteiger partial charge in [0.05, 0.1) is 24.7 Å². The highest BCUT2D eigenvalue weighted by molar-refractivity contribution is 7.99. The highest BCUT2D eigenvalue weighted by Gasteiger charge is 2.27. The molecular formula is C17H22N4O4S2. The van der Waals surface area contributed by atoms with E-state index in [2.05, 4.69) is 14.8 Å². The molecule has 0 spiro atoms. The number of morpholine rings is 1. The number of aromatic nitrogens is 3. The SMILES string of the molecule is O=S(=O)(c1ccc(OCCSc2nncn2C2CC2)cc1)N1CCOCC1. The Morgan fingerprint density at radius 2 is 1.93 bits per heavy atom. The molecule has 2 fully saturated rings. The number of rotatable bonds is 8. The number of nitrogens with zero attached hydrogens (tertiary/aromatic N) is 4. The molecule has 0 atom stereocenters. The Hall–Kier alpha value is -1.62. The third-order valence-electron chi connectivity index (χ3n) is 4.50. The van der Waals surface area contributed by atoms with E-state index in [9.17, 15) is 8.42 Å². The molecule has 1 aromatic carbocycles. The molecule has 4 rings (SSSR count). The lowest BCUT2D eigenvalue weighted by atomic mass is 10.3. The molecule has 0 N–H and O–H groups in total. The zero-order valence-electron chi connectivity index (χ0n) is 14.9. The normalized spacial score (nSPS) is 18.5. The van der Waals surface area contributed by atoms with Gasteiger partial charge in [-0.2, -0.15) is 4.31 Å². The quantitative estimate of drug-likeness (QED) is 0.484. The molecule has 2 heterocycles. The molecule has 2 aromatic rings. The fraction of sp³-hybridized carbons (Fsp3) is 0.529. The maximum absolute atomic E-state index is 12.6. The van der Waals surface area contributed by atoms with Gasteiger partial charge in [0, 0.05) is 24.9 Å². The maximum atomic E-state index is 12.6. The summed E-state index contributed by atoms with van der Waals surface area (Å²) in [6.07, 6.45) is 4.18. The third-order valence-corrected chi connectivity index (χ3v) is 7.33. The van der Waals surface area contributed by atoms with E-state index in [-0.39, 0.29) is 4.90 Å². The summed E-state index contributed by atoms with van der Waals surface area (Å²) < 4.78 is 39.7. The topological polar surface area (TPSA) is 86.6 Å². The summed E-state index contributed by atoms with van der Waals surface area (Å²) in [5.41, 5.74) is 0. The zero-order valence-corrected chi connectivity index (χ0v) is 16.5. The molecule has 0 unspecified atom stereocenters. The van der Waals surface area contributed by atoms with Gasteiger partial charge in [-0.1, -0.05) is 11.8 Å². The van der Waals surface area contributed by atoms with Gasteiger partial charge in [-0.05, 0) is 37.1 Å². The monoisotopic (exact) mass is 410 g/mol. The van der Waals surface area contributed by atoms with Crippen LogP contribution in [-0.4, -0.2) is 66.2 Å². The van der Waals surface area contributed by atoms with Crippen molar-refractivity contribution in [1.82, 2.24) is 19.1 Å². The molecule has 0 amide bonds. The average molecular weight is 411 g/mol. The number of hydrogen-bond acceptors (Lipinski definition) is 7. The summed E-state index contributed by atoms with van der Waals surface area (Å²) in [5, 5.41) is 9.04. The van der Waals surface area contributed by atoms with Gasteiger partial charge in [0.1, 0.15) is 12.1 Å². The first kappa shape index (κ1) is 18.7. The summed E-state index contributed by atoms with van der Waals surface area (Å²) in [6, 6.07) is 7.15. The van der Waals surface area contributed by atoms with Gasteiger partial charge in [0.25, 0.3) is 0 Å². The van der Waals surface area contributed by atoms with Gasteiger partial charge in [0.15, 0.2) is 5.16 Å². The van der Waals surface area contributed by atoms with Gasteiger partial charge >= 0.3 is 0 Å². The van der Waals surface area contributed by atoms with Gasteiger partial charge in [-0.15, -0.1) is 10.2 Å². The molecule has 0 radical (unpaired) electrons. The largest absolute Gasteiger partial charge is 0.493 e. The highest BCUT2D eigenvalue weighted by Crippen LogP contribution is 2.37. The molecule has 146 valence electrons. The van der Waals surface area contributed by atoms with Crippen molar-refractivity contribution in [1.29, 1.82) is 0 Å². The van der Waals surface area contributed by atoms with E-state index in [1.54, 1.807) is 42.4 Å². The summed E-state index contributed by atoms with van der Waals surface area (Å²) in [5.74, 6) is 1.40. The van der Waals surface area contributed by atoms with Crippen LogP contribution >= 0.6 is 11.8 Å². The Morgan fingerprint density at radius 3 is 2.63 bits per heavy atom. The van der Waals surface area contributed by atoms with Crippen LogP contribution in [0.5, 0.6) is 5.75 Å². The lowest BCUT2D eigenvalue weighted by molar-refractivity contribution is 0.0730. The van der Waals surface area contributed by atoms with Crippen LogP contribution in [0.4, 0.5) is 0 Å². The minimum atomic E-state index is -3.46. The number of hydrogen-bond donors (Lipinski definition) is 0. The van der Waals surface area contributed by atoms with Crippen molar-refractivity contribution in [3.8, 4) is 5.75 Å². The minimum Gasteiger partial charge on any atom is -0.493 e. The van der Waals surface area contributed by atoms with E-state index in [4.69, 9.17) is 9.47 Å². The molecule has 1 aromatic heterocycles. The Bertz CT molecular complexity index is 859. The van der Waals surface area contributed by atoms with E-state index >= 15 is 0 Å². The Labute approximate surface area is 162 Å². The predicted octanol–water partition coefficient (Wildman–Crippen LogP) is 1.81. The van der Waals surface area contributed by atoms with E-state index in [1.165, 1.54) is 17.1 Å². The summed E-state index contributed by atoms with van der Waals surface area (Å²) in [6.45, 7) is 2.17. The van der Waals surface area contributed by atoms with Gasteiger partial charge < -0.3 is 14.0 Å². The Balaban J connectivity index is 1.28. The van der Waals surface area contributed by atoms with Crippen LogP contribution in [-0.2, 0) is 14.8 Å². The third kappa shape index (κ3) is 4.45. The number of sulfonamides is 1. The molecule has 10 heteroatoms. The van der Waals surface area contributed by atoms with E-state index in [1.807, 2.05) is 0 Å². The highest BCUT2D eigenvalue weighted by atomic mass is 32.2. The van der Waals surface area contributed by atoms with Crippen LogP contribution < -0.4 is 4.74 Å². The lowest BCUT2D eigenvalue weighted by Crippen LogP contribution is -2.40. The molecule has 2 aliphatic rings. The molecule has 1 saturated heterocycles. The summed E-state index contributed by atoms with van der Waals surface area (Å²) in [4.78, 5) is 0.281. The Morgan fingerprint density at radius 1 is 1.19 bits per heavy atom. The second kappa shape index (κ2) is 8.17. The second-order valence-corrected chi connectivity index (χ2v) is 9.44. The van der Waals surface area contributed by atoms with E-state index in [0.29, 0.717) is 44.7 Å². The Kier molecular flexibility index (Phi) is 5.67. The molecular weight excluding hydrogens is 388 g/mol. The van der Waals surface area contributed by atoms with Gasteiger partial charge in [0.2, 0.25) is 10.0 Å². The first-order chi connectivity index (χ1) is 13.1. The molecule has 1 aliphatic carbocycles. The van der Waals surface area contributed by atoms with Crippen LogP contribution in [0.3, 0.4) is 0 Å². The van der Waals surface area contributed by atoms with E-state index < -0.39 is 10.0 Å². The predicted molar refractivity (Wildman–Crippen MR) is 101 cm³/mol. The minimum absolute atomic E-state index is 0.281. The molecule has 8 nitrogen and oxygen atoms in total. The van der Waals surface area contributed by atoms with Crippen molar-refractivity contribution < 1.29 is 17.9 Å².